The quantitative estimate of drug-likeness (QED) is 0.169. The van der Waals surface area contributed by atoms with Crippen LogP contribution in [0.15, 0.2) is 11.2 Å². The van der Waals surface area contributed by atoms with E-state index < -0.39 is 40.5 Å². The van der Waals surface area contributed by atoms with Crippen LogP contribution in [0.5, 0.6) is 0 Å². The van der Waals surface area contributed by atoms with Crippen molar-refractivity contribution in [3.63, 3.8) is 0 Å². The summed E-state index contributed by atoms with van der Waals surface area (Å²) in [7, 11) is -1.96. The van der Waals surface area contributed by atoms with Crippen molar-refractivity contribution < 1.29 is 41.2 Å². The number of hydroxylamine groups is 3. The lowest BCUT2D eigenvalue weighted by molar-refractivity contribution is -0.152. The molecule has 15 nitrogen and oxygen atoms in total. The van der Waals surface area contributed by atoms with E-state index in [2.05, 4.69) is 19.9 Å². The predicted octanol–water partition coefficient (Wildman–Crippen LogP) is -0.593. The van der Waals surface area contributed by atoms with Gasteiger partial charge in [-0.3, -0.25) is 19.0 Å². The number of hydrogen-bond donors (Lipinski definition) is 2. The minimum Gasteiger partial charge on any atom is -0.466 e. The van der Waals surface area contributed by atoms with Crippen LogP contribution in [-0.2, 0) is 40.9 Å². The number of amidine groups is 1. The summed E-state index contributed by atoms with van der Waals surface area (Å²) in [5.41, 5.74) is 3.33. The van der Waals surface area contributed by atoms with Crippen LogP contribution in [0, 0.1) is 0 Å². The number of esters is 1. The van der Waals surface area contributed by atoms with Crippen molar-refractivity contribution in [1.29, 1.82) is 0 Å². The maximum atomic E-state index is 12.8. The Morgan fingerprint density at radius 1 is 1.34 bits per heavy atom. The van der Waals surface area contributed by atoms with Crippen LogP contribution >= 0.6 is 0 Å². The van der Waals surface area contributed by atoms with Gasteiger partial charge in [-0.1, -0.05) is 0 Å². The van der Waals surface area contributed by atoms with Crippen molar-refractivity contribution >= 4 is 34.2 Å². The number of carbonyl (C=O) groups excluding carboxylic acids is 3. The van der Waals surface area contributed by atoms with Gasteiger partial charge >= 0.3 is 28.4 Å². The van der Waals surface area contributed by atoms with Crippen LogP contribution in [0.3, 0.4) is 0 Å². The number of amides is 2. The molecule has 0 unspecified atom stereocenters. The lowest BCUT2D eigenvalue weighted by Crippen LogP contribution is -2.45. The van der Waals surface area contributed by atoms with Gasteiger partial charge in [0.15, 0.2) is 5.84 Å². The molecule has 16 heteroatoms. The molecule has 2 N–H and O–H groups in total. The molecule has 176 valence electrons. The summed E-state index contributed by atoms with van der Waals surface area (Å²) >= 11 is 0. The van der Waals surface area contributed by atoms with Gasteiger partial charge in [0.05, 0.1) is 37.9 Å². The highest BCUT2D eigenvalue weighted by atomic mass is 32.3. The van der Waals surface area contributed by atoms with E-state index in [-0.39, 0.29) is 31.8 Å². The number of urea groups is 1. The first-order valence-electron chi connectivity index (χ1n) is 9.44. The Hall–Kier alpha value is -3.24. The largest absolute Gasteiger partial charge is 0.466 e. The van der Waals surface area contributed by atoms with E-state index in [9.17, 15) is 22.8 Å². The molecule has 2 bridgehead atoms. The van der Waals surface area contributed by atoms with Gasteiger partial charge in [-0.05, 0) is 6.92 Å². The summed E-state index contributed by atoms with van der Waals surface area (Å²) in [6.07, 6.45) is 1.02. The molecular weight excluding hydrogens is 452 g/mol. The fraction of sp³-hybridized carbons (Fsp3) is 0.562. The van der Waals surface area contributed by atoms with Crippen molar-refractivity contribution in [2.75, 3.05) is 20.2 Å². The molecule has 0 radical (unpaired) electrons. The smallest absolute Gasteiger partial charge is 0.418 e. The second-order valence-corrected chi connectivity index (χ2v) is 7.78. The zero-order valence-electron chi connectivity index (χ0n) is 17.4. The van der Waals surface area contributed by atoms with Gasteiger partial charge in [-0.2, -0.15) is 18.6 Å². The van der Waals surface area contributed by atoms with Crippen molar-refractivity contribution in [2.45, 2.75) is 31.8 Å². The van der Waals surface area contributed by atoms with Gasteiger partial charge in [0.25, 0.3) is 0 Å². The van der Waals surface area contributed by atoms with Gasteiger partial charge in [-0.25, -0.2) is 15.1 Å². The summed E-state index contributed by atoms with van der Waals surface area (Å²) in [5.74, 6) is -1.27. The Kier molecular flexibility index (Phi) is 6.65. The Morgan fingerprint density at radius 2 is 2.03 bits per heavy atom. The molecule has 2 amide bonds. The molecule has 0 aromatic carbocycles. The third-order valence-corrected chi connectivity index (χ3v) is 5.16. The monoisotopic (exact) mass is 474 g/mol. The fourth-order valence-electron chi connectivity index (χ4n) is 3.53. The van der Waals surface area contributed by atoms with Crippen molar-refractivity contribution in [1.82, 2.24) is 25.2 Å². The highest BCUT2D eigenvalue weighted by Crippen LogP contribution is 2.44. The van der Waals surface area contributed by atoms with Crippen molar-refractivity contribution in [2.24, 2.45) is 12.0 Å². The van der Waals surface area contributed by atoms with Gasteiger partial charge in [-0.15, -0.1) is 4.28 Å². The summed E-state index contributed by atoms with van der Waals surface area (Å²) in [5, 5.41) is 4.68. The van der Waals surface area contributed by atoms with E-state index in [1.54, 1.807) is 14.0 Å². The number of fused-ring (bicyclic) bond motifs is 4. The minimum atomic E-state index is -4.96. The van der Waals surface area contributed by atoms with Gasteiger partial charge < -0.3 is 14.5 Å². The van der Waals surface area contributed by atoms with E-state index in [0.717, 1.165) is 0 Å². The van der Waals surface area contributed by atoms with Gasteiger partial charge in [0.1, 0.15) is 12.1 Å². The first-order valence-corrected chi connectivity index (χ1v) is 10.8. The Morgan fingerprint density at radius 3 is 2.66 bits per heavy atom. The minimum absolute atomic E-state index is 0.00474. The van der Waals surface area contributed by atoms with Gasteiger partial charge in [0, 0.05) is 19.7 Å². The molecule has 0 spiro atoms. The van der Waals surface area contributed by atoms with Crippen LogP contribution < -0.4 is 5.48 Å². The van der Waals surface area contributed by atoms with Crippen molar-refractivity contribution in [3.05, 3.63) is 17.5 Å². The molecule has 2 aliphatic rings. The molecule has 32 heavy (non-hydrogen) atoms. The first-order chi connectivity index (χ1) is 15.1. The molecule has 0 aliphatic carbocycles. The topological polar surface area (TPSA) is 182 Å². The highest BCUT2D eigenvalue weighted by Gasteiger charge is 2.53. The number of rotatable bonds is 7. The lowest BCUT2D eigenvalue weighted by atomic mass is 9.97. The van der Waals surface area contributed by atoms with Crippen molar-refractivity contribution in [3.8, 4) is 0 Å². The number of nitrogens with zero attached hydrogens (tertiary/aromatic N) is 5. The zero-order chi connectivity index (χ0) is 23.6. The van der Waals surface area contributed by atoms with Crippen LogP contribution in [0.25, 0.3) is 0 Å². The Balaban J connectivity index is 1.79. The second kappa shape index (κ2) is 9.09. The molecule has 0 saturated carbocycles. The number of aromatic nitrogens is 2. The van der Waals surface area contributed by atoms with Crippen LogP contribution in [0.1, 0.15) is 43.1 Å². The number of nitrogens with one attached hydrogen (secondary N) is 1. The average molecular weight is 474 g/mol. The number of ether oxygens (including phenoxy) is 1. The van der Waals surface area contributed by atoms with E-state index >= 15 is 0 Å². The van der Waals surface area contributed by atoms with E-state index in [4.69, 9.17) is 14.1 Å². The predicted molar refractivity (Wildman–Crippen MR) is 104 cm³/mol. The average Bonchev–Trinajstić information content (AvgIpc) is 3.22. The maximum Gasteiger partial charge on any atom is 0.418 e. The molecular formula is C16H22N6O9S. The van der Waals surface area contributed by atoms with Crippen LogP contribution in [-0.4, -0.2) is 76.7 Å². The summed E-state index contributed by atoms with van der Waals surface area (Å²) in [4.78, 5) is 46.5. The molecule has 1 saturated heterocycles. The zero-order valence-corrected chi connectivity index (χ0v) is 18.2. The molecule has 1 aromatic heterocycles. The van der Waals surface area contributed by atoms with Crippen LogP contribution in [0.4, 0.5) is 4.79 Å². The molecule has 2 atom stereocenters. The normalized spacial score (nSPS) is 20.2. The summed E-state index contributed by atoms with van der Waals surface area (Å²) in [6, 6.07) is -2.64. The SMILES string of the molecule is CCOC(=O)CCC(=O)ONC(=NC)[C@@H]1c2c(cnn2C)[C@@H]2CN1C(=O)N2OS(=O)(=O)O. The number of carbonyl (C=O) groups is 3. The number of aliphatic imine (C=N–C) groups is 1. The first kappa shape index (κ1) is 23.4. The highest BCUT2D eigenvalue weighted by molar-refractivity contribution is 7.80. The van der Waals surface area contributed by atoms with Crippen LogP contribution in [0.2, 0.25) is 0 Å². The Labute approximate surface area is 182 Å². The second-order valence-electron chi connectivity index (χ2n) is 6.78. The molecule has 1 fully saturated rings. The maximum absolute atomic E-state index is 12.8. The summed E-state index contributed by atoms with van der Waals surface area (Å²) in [6.45, 7) is 1.83. The Bertz CT molecular complexity index is 1050. The number of aryl methyl sites for hydroxylation is 1. The molecule has 1 aromatic rings. The van der Waals surface area contributed by atoms with E-state index in [1.807, 2.05) is 0 Å². The number of hydrogen-bond acceptors (Lipinski definition) is 10. The molecule has 3 rings (SSSR count). The third-order valence-electron chi connectivity index (χ3n) is 4.81. The van der Waals surface area contributed by atoms with Gasteiger partial charge in [0.2, 0.25) is 0 Å². The van der Waals surface area contributed by atoms with E-state index in [1.165, 1.54) is 22.8 Å². The standard InChI is InChI=1S/C16H22N6O9S/c1-4-29-11(23)5-6-12(24)30-19-15(17-2)14-13-9(7-18-20(13)3)10-8-21(14)16(25)22(10)31-32(26,27)28/h7,10,14H,4-6,8H2,1-3H3,(H,17,19)(H,26,27,28)/t10-,14-/m0/s1. The van der Waals surface area contributed by atoms with E-state index in [0.29, 0.717) is 16.3 Å². The lowest BCUT2D eigenvalue weighted by Gasteiger charge is -2.31. The molecule has 2 aliphatic heterocycles. The summed E-state index contributed by atoms with van der Waals surface area (Å²) < 4.78 is 42.1. The molecule has 3 heterocycles. The third kappa shape index (κ3) is 4.66. The fourth-order valence-corrected chi connectivity index (χ4v) is 3.90.